The highest BCUT2D eigenvalue weighted by molar-refractivity contribution is 5.83. The Bertz CT molecular complexity index is 1420. The molecule has 2 aliphatic heterocycles. The molecule has 3 saturated carbocycles. The van der Waals surface area contributed by atoms with Gasteiger partial charge in [0.25, 0.3) is 0 Å². The van der Waals surface area contributed by atoms with Crippen molar-refractivity contribution >= 4 is 23.9 Å². The van der Waals surface area contributed by atoms with Crippen molar-refractivity contribution in [2.24, 2.45) is 51.2 Å². The van der Waals surface area contributed by atoms with Crippen LogP contribution in [0.5, 0.6) is 0 Å². The Hall–Kier alpha value is -2.72. The fraction of sp³-hybridized carbons (Fsp3) is 0.784. The third kappa shape index (κ3) is 4.85. The Labute approximate surface area is 277 Å². The van der Waals surface area contributed by atoms with E-state index in [1.165, 1.54) is 13.8 Å². The number of hydrogen-bond donors (Lipinski definition) is 1. The maximum absolute atomic E-state index is 13.8. The third-order valence-electron chi connectivity index (χ3n) is 13.7. The van der Waals surface area contributed by atoms with Gasteiger partial charge in [-0.15, -0.1) is 0 Å². The van der Waals surface area contributed by atoms with Crippen molar-refractivity contribution in [2.75, 3.05) is 13.2 Å². The van der Waals surface area contributed by atoms with Crippen molar-refractivity contribution < 1.29 is 48.0 Å². The molecule has 2 saturated heterocycles. The SMILES string of the molecule is CC(=O)O[C@H]1C[C@H]2[C@](C)(C3=CC[C@@H](C4COC(=O)C4)[C@@]31C)[C@H](OC(=O)/C=C(\C)C(C)C)[C@@H]1OC[C@]3(C)[C@H](O)C[C@H](OC(C)=O)[C@@]2(C)[C@@H]13. The van der Waals surface area contributed by atoms with Gasteiger partial charge in [0.2, 0.25) is 0 Å². The molecule has 47 heavy (non-hydrogen) atoms. The van der Waals surface area contributed by atoms with E-state index in [0.29, 0.717) is 25.9 Å². The molecule has 2 heterocycles. The first-order valence-corrected chi connectivity index (χ1v) is 17.3. The van der Waals surface area contributed by atoms with Gasteiger partial charge in [-0.1, -0.05) is 58.8 Å². The van der Waals surface area contributed by atoms with Crippen LogP contribution in [-0.4, -0.2) is 72.7 Å². The summed E-state index contributed by atoms with van der Waals surface area (Å²) in [6.45, 7) is 17.7. The summed E-state index contributed by atoms with van der Waals surface area (Å²) in [6, 6.07) is 0. The van der Waals surface area contributed by atoms with E-state index in [1.54, 1.807) is 6.08 Å². The van der Waals surface area contributed by atoms with E-state index in [4.69, 9.17) is 23.7 Å². The maximum atomic E-state index is 13.8. The summed E-state index contributed by atoms with van der Waals surface area (Å²) in [5.41, 5.74) is -1.05. The van der Waals surface area contributed by atoms with Crippen molar-refractivity contribution in [1.29, 1.82) is 0 Å². The van der Waals surface area contributed by atoms with Gasteiger partial charge in [-0.25, -0.2) is 4.79 Å². The number of cyclic esters (lactones) is 1. The average molecular weight is 657 g/mol. The van der Waals surface area contributed by atoms with Gasteiger partial charge in [0.1, 0.15) is 18.3 Å². The van der Waals surface area contributed by atoms with Gasteiger partial charge in [-0.2, -0.15) is 0 Å². The van der Waals surface area contributed by atoms with Crippen molar-refractivity contribution in [1.82, 2.24) is 0 Å². The predicted octanol–water partition coefficient (Wildman–Crippen LogP) is 4.71. The van der Waals surface area contributed by atoms with E-state index in [2.05, 4.69) is 26.8 Å². The number of aliphatic hydroxyl groups is 1. The van der Waals surface area contributed by atoms with E-state index in [9.17, 15) is 24.3 Å². The normalized spacial score (nSPS) is 47.0. The Kier molecular flexibility index (Phi) is 8.30. The molecule has 0 radical (unpaired) electrons. The molecule has 0 aromatic carbocycles. The molecule has 5 fully saturated rings. The van der Waals surface area contributed by atoms with E-state index in [-0.39, 0.29) is 48.6 Å². The summed E-state index contributed by atoms with van der Waals surface area (Å²) < 4.78 is 31.1. The van der Waals surface area contributed by atoms with Crippen LogP contribution >= 0.6 is 0 Å². The lowest BCUT2D eigenvalue weighted by atomic mass is 9.35. The van der Waals surface area contributed by atoms with E-state index >= 15 is 0 Å². The number of carbonyl (C=O) groups excluding carboxylic acids is 4. The smallest absolute Gasteiger partial charge is 0.331 e. The molecular formula is C37H52O10. The zero-order chi connectivity index (χ0) is 34.4. The van der Waals surface area contributed by atoms with Crippen molar-refractivity contribution in [3.05, 3.63) is 23.3 Å². The van der Waals surface area contributed by atoms with E-state index in [0.717, 1.165) is 11.1 Å². The second kappa shape index (κ2) is 11.4. The molecule has 10 heteroatoms. The van der Waals surface area contributed by atoms with Crippen LogP contribution in [0.3, 0.4) is 0 Å². The number of esters is 4. The molecule has 6 aliphatic rings. The molecule has 0 amide bonds. The fourth-order valence-electron chi connectivity index (χ4n) is 11.4. The number of fused-ring (bicyclic) bond motifs is 4. The molecule has 0 aromatic rings. The molecule has 1 unspecified atom stereocenters. The Morgan fingerprint density at radius 3 is 2.23 bits per heavy atom. The average Bonchev–Trinajstić information content (AvgIpc) is 3.67. The monoisotopic (exact) mass is 656 g/mol. The van der Waals surface area contributed by atoms with Crippen molar-refractivity contribution in [3.8, 4) is 0 Å². The molecule has 1 N–H and O–H groups in total. The molecule has 4 aliphatic carbocycles. The number of aliphatic hydroxyl groups excluding tert-OH is 1. The van der Waals surface area contributed by atoms with Crippen LogP contribution < -0.4 is 0 Å². The number of ether oxygens (including phenoxy) is 5. The van der Waals surface area contributed by atoms with Gasteiger partial charge in [-0.3, -0.25) is 14.4 Å². The van der Waals surface area contributed by atoms with Gasteiger partial charge in [0, 0.05) is 59.8 Å². The molecular weight excluding hydrogens is 604 g/mol. The fourth-order valence-corrected chi connectivity index (χ4v) is 11.4. The molecule has 13 atom stereocenters. The second-order valence-electron chi connectivity index (χ2n) is 16.4. The molecule has 0 spiro atoms. The maximum Gasteiger partial charge on any atom is 0.331 e. The molecule has 260 valence electrons. The van der Waals surface area contributed by atoms with Gasteiger partial charge < -0.3 is 28.8 Å². The molecule has 0 bridgehead atoms. The van der Waals surface area contributed by atoms with Crippen LogP contribution in [0.25, 0.3) is 0 Å². The van der Waals surface area contributed by atoms with E-state index in [1.807, 2.05) is 27.7 Å². The first-order chi connectivity index (χ1) is 21.9. The number of allylic oxidation sites excluding steroid dienone is 2. The van der Waals surface area contributed by atoms with Crippen LogP contribution in [0, 0.1) is 51.2 Å². The Morgan fingerprint density at radius 1 is 0.979 bits per heavy atom. The summed E-state index contributed by atoms with van der Waals surface area (Å²) in [7, 11) is 0. The summed E-state index contributed by atoms with van der Waals surface area (Å²) >= 11 is 0. The first-order valence-electron chi connectivity index (χ1n) is 17.3. The zero-order valence-corrected chi connectivity index (χ0v) is 29.3. The lowest BCUT2D eigenvalue weighted by Gasteiger charge is -2.70. The van der Waals surface area contributed by atoms with Crippen LogP contribution in [0.15, 0.2) is 23.3 Å². The van der Waals surface area contributed by atoms with Crippen LogP contribution in [-0.2, 0) is 42.9 Å². The third-order valence-corrected chi connectivity index (χ3v) is 13.7. The summed E-state index contributed by atoms with van der Waals surface area (Å²) in [5.74, 6) is -2.12. The largest absolute Gasteiger partial charge is 0.465 e. The minimum Gasteiger partial charge on any atom is -0.465 e. The van der Waals surface area contributed by atoms with Crippen molar-refractivity contribution in [3.63, 3.8) is 0 Å². The highest BCUT2D eigenvalue weighted by Gasteiger charge is 2.79. The highest BCUT2D eigenvalue weighted by Crippen LogP contribution is 2.76. The highest BCUT2D eigenvalue weighted by atomic mass is 16.6. The predicted molar refractivity (Wildman–Crippen MR) is 169 cm³/mol. The van der Waals surface area contributed by atoms with Crippen LogP contribution in [0.2, 0.25) is 0 Å². The number of carbonyl (C=O) groups is 4. The standard InChI is InChI=1S/C37H52O10/c1-18(2)19(3)12-30(42)47-33-31-32-34(6,17-44-31)26(40)15-28(46-21(5)39)37(32,9)25-14-27(45-20(4)38)35(7)23(22-13-29(41)43-16-22)10-11-24(35)36(25,33)8/h11-12,18,22-23,25-28,31-33,40H,10,13-17H2,1-9H3/b19-12+/t22?,23-,25-,26+,27-,28-,31+,32-,33+,34+,35-,36-,37-/m0/s1. The molecule has 6 rings (SSSR count). The lowest BCUT2D eigenvalue weighted by Crippen LogP contribution is -2.74. The van der Waals surface area contributed by atoms with Crippen LogP contribution in [0.1, 0.15) is 88.0 Å². The quantitative estimate of drug-likeness (QED) is 0.185. The number of hydrogen-bond acceptors (Lipinski definition) is 10. The molecule has 10 nitrogen and oxygen atoms in total. The van der Waals surface area contributed by atoms with Crippen LogP contribution in [0.4, 0.5) is 0 Å². The topological polar surface area (TPSA) is 135 Å². The minimum absolute atomic E-state index is 0.0526. The Morgan fingerprint density at radius 2 is 1.64 bits per heavy atom. The lowest BCUT2D eigenvalue weighted by molar-refractivity contribution is -0.273. The van der Waals surface area contributed by atoms with E-state index < -0.39 is 70.1 Å². The summed E-state index contributed by atoms with van der Waals surface area (Å²) in [5, 5.41) is 11.6. The minimum atomic E-state index is -0.833. The second-order valence-corrected chi connectivity index (χ2v) is 16.4. The summed E-state index contributed by atoms with van der Waals surface area (Å²) in [6.07, 6.45) is 2.00. The Balaban J connectivity index is 1.56. The van der Waals surface area contributed by atoms with Crippen molar-refractivity contribution in [2.45, 2.75) is 119 Å². The number of rotatable bonds is 6. The van der Waals surface area contributed by atoms with Gasteiger partial charge in [0.15, 0.2) is 0 Å². The summed E-state index contributed by atoms with van der Waals surface area (Å²) in [4.78, 5) is 51.5. The zero-order valence-electron chi connectivity index (χ0n) is 29.3. The van der Waals surface area contributed by atoms with Gasteiger partial charge >= 0.3 is 23.9 Å². The van der Waals surface area contributed by atoms with Gasteiger partial charge in [0.05, 0.1) is 31.8 Å². The van der Waals surface area contributed by atoms with Gasteiger partial charge in [-0.05, 0) is 37.5 Å². The molecule has 0 aromatic heterocycles. The first kappa shape index (κ1) is 34.2.